The van der Waals surface area contributed by atoms with E-state index in [2.05, 4.69) is 26.1 Å². The fraction of sp³-hybridized carbons (Fsp3) is 0.182. The van der Waals surface area contributed by atoms with E-state index in [9.17, 15) is 4.39 Å². The van der Waals surface area contributed by atoms with Crippen molar-refractivity contribution in [3.8, 4) is 6.19 Å². The summed E-state index contributed by atoms with van der Waals surface area (Å²) in [5.41, 5.74) is 2.39. The highest BCUT2D eigenvalue weighted by Crippen LogP contribution is 2.20. The molecule has 1 aromatic heterocycles. The summed E-state index contributed by atoms with van der Waals surface area (Å²) in [6.07, 6.45) is 2.59. The second-order valence-electron chi connectivity index (χ2n) is 3.46. The van der Waals surface area contributed by atoms with Crippen LogP contribution >= 0.6 is 27.3 Å². The smallest absolute Gasteiger partial charge is 0.221 e. The van der Waals surface area contributed by atoms with Crippen LogP contribution in [0.15, 0.2) is 28.2 Å². The molecule has 0 aliphatic heterocycles. The van der Waals surface area contributed by atoms with Gasteiger partial charge < -0.3 is 0 Å². The molecule has 7 heteroatoms. The molecule has 0 spiro atoms. The molecule has 0 atom stereocenters. The number of hydrogen-bond donors (Lipinski definition) is 0. The summed E-state index contributed by atoms with van der Waals surface area (Å²) in [7, 11) is 0. The summed E-state index contributed by atoms with van der Waals surface area (Å²) >= 11 is 4.65. The topological polar surface area (TPSA) is 52.8 Å². The fourth-order valence-corrected chi connectivity index (χ4v) is 2.43. The highest BCUT2D eigenvalue weighted by molar-refractivity contribution is 9.10. The molecule has 1 heterocycles. The van der Waals surface area contributed by atoms with Gasteiger partial charge in [-0.05, 0) is 30.2 Å². The third-order valence-corrected chi connectivity index (χ3v) is 3.80. The van der Waals surface area contributed by atoms with E-state index in [1.165, 1.54) is 28.4 Å². The Labute approximate surface area is 116 Å². The summed E-state index contributed by atoms with van der Waals surface area (Å²) in [4.78, 5) is 1.44. The van der Waals surface area contributed by atoms with Gasteiger partial charge in [0.2, 0.25) is 5.13 Å². The zero-order chi connectivity index (χ0) is 13.0. The molecule has 0 amide bonds. The quantitative estimate of drug-likeness (QED) is 0.640. The predicted molar refractivity (Wildman–Crippen MR) is 70.7 cm³/mol. The lowest BCUT2D eigenvalue weighted by Gasteiger charge is -2.12. The summed E-state index contributed by atoms with van der Waals surface area (Å²) in [6.45, 7) is 0.438. The molecule has 0 bridgehead atoms. The maximum absolute atomic E-state index is 13.1. The van der Waals surface area contributed by atoms with Crippen molar-refractivity contribution in [3.63, 3.8) is 0 Å². The van der Waals surface area contributed by atoms with E-state index in [4.69, 9.17) is 5.26 Å². The average Bonchev–Trinajstić information content (AvgIpc) is 2.88. The maximum Gasteiger partial charge on any atom is 0.221 e. The first-order chi connectivity index (χ1) is 8.70. The van der Waals surface area contributed by atoms with Crippen molar-refractivity contribution in [2.24, 2.45) is 0 Å². The maximum atomic E-state index is 13.1. The minimum absolute atomic E-state index is 0.285. The van der Waals surface area contributed by atoms with Gasteiger partial charge in [0.05, 0.1) is 0 Å². The second-order valence-corrected chi connectivity index (χ2v) is 5.12. The summed E-state index contributed by atoms with van der Waals surface area (Å²) in [5.74, 6) is -0.285. The van der Waals surface area contributed by atoms with Crippen molar-refractivity contribution in [1.29, 1.82) is 5.26 Å². The lowest BCUT2D eigenvalue weighted by atomic mass is 10.1. The van der Waals surface area contributed by atoms with E-state index in [0.717, 1.165) is 10.0 Å². The standard InChI is InChI=1S/C11H8BrFN4S/c12-10-2-1-9(13)5-8(10)3-4-17(6-14)11-16-15-7-18-11/h1-2,5,7H,3-4H2. The van der Waals surface area contributed by atoms with Crippen molar-refractivity contribution in [2.75, 3.05) is 11.4 Å². The van der Waals surface area contributed by atoms with Gasteiger partial charge in [-0.3, -0.25) is 4.90 Å². The molecule has 92 valence electrons. The van der Waals surface area contributed by atoms with Gasteiger partial charge in [0.1, 0.15) is 11.3 Å². The van der Waals surface area contributed by atoms with Gasteiger partial charge in [-0.2, -0.15) is 5.26 Å². The molecule has 0 unspecified atom stereocenters. The first kappa shape index (κ1) is 12.9. The van der Waals surface area contributed by atoms with Crippen LogP contribution in [0.25, 0.3) is 0 Å². The van der Waals surface area contributed by atoms with Crippen LogP contribution in [0.2, 0.25) is 0 Å². The molecule has 0 radical (unpaired) electrons. The number of rotatable bonds is 4. The van der Waals surface area contributed by atoms with Gasteiger partial charge in [0.25, 0.3) is 0 Å². The zero-order valence-corrected chi connectivity index (χ0v) is 11.6. The average molecular weight is 327 g/mol. The molecule has 4 nitrogen and oxygen atoms in total. The minimum atomic E-state index is -0.285. The lowest BCUT2D eigenvalue weighted by molar-refractivity contribution is 0.624. The van der Waals surface area contributed by atoms with E-state index in [0.29, 0.717) is 18.1 Å². The highest BCUT2D eigenvalue weighted by atomic mass is 79.9. The fourth-order valence-electron chi connectivity index (χ4n) is 1.44. The third-order valence-electron chi connectivity index (χ3n) is 2.31. The molecule has 2 rings (SSSR count). The molecule has 1 aromatic carbocycles. The third kappa shape index (κ3) is 3.03. The number of hydrogen-bond acceptors (Lipinski definition) is 5. The van der Waals surface area contributed by atoms with Gasteiger partial charge in [-0.25, -0.2) is 4.39 Å². The molecule has 0 fully saturated rings. The molecular formula is C11H8BrFN4S. The highest BCUT2D eigenvalue weighted by Gasteiger charge is 2.10. The van der Waals surface area contributed by atoms with Gasteiger partial charge >= 0.3 is 0 Å². The Hall–Kier alpha value is -1.52. The van der Waals surface area contributed by atoms with E-state index >= 15 is 0 Å². The monoisotopic (exact) mass is 326 g/mol. The Kier molecular flexibility index (Phi) is 4.23. The van der Waals surface area contributed by atoms with Crippen molar-refractivity contribution < 1.29 is 4.39 Å². The normalized spacial score (nSPS) is 10.1. The van der Waals surface area contributed by atoms with Gasteiger partial charge in [0, 0.05) is 11.0 Å². The number of aromatic nitrogens is 2. The summed E-state index contributed by atoms with van der Waals surface area (Å²) < 4.78 is 13.9. The van der Waals surface area contributed by atoms with Crippen LogP contribution in [0.3, 0.4) is 0 Å². The van der Waals surface area contributed by atoms with E-state index in [1.54, 1.807) is 11.6 Å². The molecule has 0 saturated carbocycles. The van der Waals surface area contributed by atoms with Crippen molar-refractivity contribution >= 4 is 32.4 Å². The zero-order valence-electron chi connectivity index (χ0n) is 9.18. The predicted octanol–water partition coefficient (Wildman–Crippen LogP) is 2.97. The molecule has 0 aliphatic rings. The Morgan fingerprint density at radius 2 is 2.33 bits per heavy atom. The summed E-state index contributed by atoms with van der Waals surface area (Å²) in [5, 5.41) is 17.1. The first-order valence-corrected chi connectivity index (χ1v) is 6.75. The van der Waals surface area contributed by atoms with E-state index in [-0.39, 0.29) is 5.82 Å². The lowest BCUT2D eigenvalue weighted by Crippen LogP contribution is -2.19. The van der Waals surface area contributed by atoms with Crippen LogP contribution < -0.4 is 4.90 Å². The number of nitrogens with zero attached hydrogens (tertiary/aromatic N) is 4. The molecule has 2 aromatic rings. The van der Waals surface area contributed by atoms with Crippen molar-refractivity contribution in [3.05, 3.63) is 39.6 Å². The first-order valence-electron chi connectivity index (χ1n) is 5.08. The van der Waals surface area contributed by atoms with Crippen molar-refractivity contribution in [2.45, 2.75) is 6.42 Å². The van der Waals surface area contributed by atoms with Crippen LogP contribution in [0, 0.1) is 17.3 Å². The molecular weight excluding hydrogens is 319 g/mol. The molecule has 0 saturated heterocycles. The Balaban J connectivity index is 2.07. The van der Waals surface area contributed by atoms with Crippen LogP contribution in [0.5, 0.6) is 0 Å². The molecule has 0 aliphatic carbocycles. The van der Waals surface area contributed by atoms with Gasteiger partial charge in [0.15, 0.2) is 6.19 Å². The number of benzene rings is 1. The molecule has 0 N–H and O–H groups in total. The van der Waals surface area contributed by atoms with Crippen LogP contribution in [0.4, 0.5) is 9.52 Å². The van der Waals surface area contributed by atoms with Crippen molar-refractivity contribution in [1.82, 2.24) is 10.2 Å². The minimum Gasteiger partial charge on any atom is -0.253 e. The van der Waals surface area contributed by atoms with E-state index in [1.807, 2.05) is 6.19 Å². The van der Waals surface area contributed by atoms with Crippen LogP contribution in [-0.2, 0) is 6.42 Å². The Morgan fingerprint density at radius 1 is 1.50 bits per heavy atom. The second kappa shape index (κ2) is 5.89. The van der Waals surface area contributed by atoms with E-state index < -0.39 is 0 Å². The number of halogens is 2. The van der Waals surface area contributed by atoms with Gasteiger partial charge in [-0.15, -0.1) is 10.2 Å². The Bertz CT molecular complexity index is 567. The molecule has 18 heavy (non-hydrogen) atoms. The van der Waals surface area contributed by atoms with Gasteiger partial charge in [-0.1, -0.05) is 27.3 Å². The number of nitriles is 1. The largest absolute Gasteiger partial charge is 0.253 e. The Morgan fingerprint density at radius 3 is 3.00 bits per heavy atom. The van der Waals surface area contributed by atoms with Crippen LogP contribution in [-0.4, -0.2) is 16.7 Å². The number of anilines is 1. The summed E-state index contributed by atoms with van der Waals surface area (Å²) in [6, 6.07) is 4.51. The van der Waals surface area contributed by atoms with Crippen LogP contribution in [0.1, 0.15) is 5.56 Å². The SMILES string of the molecule is N#CN(CCc1cc(F)ccc1Br)c1nncs1.